The van der Waals surface area contributed by atoms with Crippen LogP contribution in [0.3, 0.4) is 0 Å². The average Bonchev–Trinajstić information content (AvgIpc) is 2.57. The molecule has 84 valence electrons. The van der Waals surface area contributed by atoms with E-state index in [1.54, 1.807) is 0 Å². The minimum Gasteiger partial charge on any atom is -0.331 e. The van der Waals surface area contributed by atoms with E-state index in [2.05, 4.69) is 29.8 Å². The molecular formula is C13H17N3. The van der Waals surface area contributed by atoms with E-state index in [0.717, 1.165) is 5.52 Å². The van der Waals surface area contributed by atoms with Gasteiger partial charge in [0.2, 0.25) is 0 Å². The molecule has 0 radical (unpaired) electrons. The molecule has 3 nitrogen and oxygen atoms in total. The third kappa shape index (κ3) is 1.15. The number of nitrogens with zero attached hydrogens (tertiary/aromatic N) is 2. The highest BCUT2D eigenvalue weighted by Gasteiger charge is 2.41. The van der Waals surface area contributed by atoms with Crippen LogP contribution in [0.5, 0.6) is 0 Å². The highest BCUT2D eigenvalue weighted by Crippen LogP contribution is 2.42. The maximum Gasteiger partial charge on any atom is 0.117 e. The molecule has 1 saturated carbocycles. The number of nitrogens with two attached hydrogens (primary N) is 1. The van der Waals surface area contributed by atoms with E-state index in [1.165, 1.54) is 30.6 Å². The van der Waals surface area contributed by atoms with Crippen LogP contribution in [-0.2, 0) is 12.5 Å². The Kier molecular flexibility index (Phi) is 2.04. The summed E-state index contributed by atoms with van der Waals surface area (Å²) in [6.07, 6.45) is 3.64. The zero-order valence-electron chi connectivity index (χ0n) is 9.61. The predicted molar refractivity (Wildman–Crippen MR) is 65.3 cm³/mol. The van der Waals surface area contributed by atoms with Gasteiger partial charge in [-0.3, -0.25) is 0 Å². The Morgan fingerprint density at radius 1 is 1.38 bits per heavy atom. The number of hydrogen-bond donors (Lipinski definition) is 1. The van der Waals surface area contributed by atoms with E-state index in [9.17, 15) is 0 Å². The van der Waals surface area contributed by atoms with E-state index in [-0.39, 0.29) is 5.41 Å². The summed E-state index contributed by atoms with van der Waals surface area (Å²) < 4.78 is 2.21. The minimum absolute atomic E-state index is 0.147. The number of fused-ring (bicyclic) bond motifs is 1. The molecule has 3 heteroatoms. The van der Waals surface area contributed by atoms with Gasteiger partial charge in [0.1, 0.15) is 5.82 Å². The van der Waals surface area contributed by atoms with Crippen LogP contribution < -0.4 is 5.73 Å². The van der Waals surface area contributed by atoms with Crippen LogP contribution in [0.1, 0.15) is 25.1 Å². The number of hydrogen-bond acceptors (Lipinski definition) is 2. The SMILES string of the molecule is Cn1c(C2(CN)CCC2)nc2ccccc21. The van der Waals surface area contributed by atoms with E-state index in [4.69, 9.17) is 10.7 Å². The van der Waals surface area contributed by atoms with Crippen molar-refractivity contribution in [3.8, 4) is 0 Å². The summed E-state index contributed by atoms with van der Waals surface area (Å²) in [6, 6.07) is 8.29. The number of benzene rings is 1. The fourth-order valence-corrected chi connectivity index (χ4v) is 2.74. The monoisotopic (exact) mass is 215 g/mol. The molecule has 0 bridgehead atoms. The molecule has 1 heterocycles. The third-order valence-electron chi connectivity index (χ3n) is 3.96. The van der Waals surface area contributed by atoms with Gasteiger partial charge in [-0.15, -0.1) is 0 Å². The molecule has 0 atom stereocenters. The summed E-state index contributed by atoms with van der Waals surface area (Å²) >= 11 is 0. The van der Waals surface area contributed by atoms with Crippen molar-refractivity contribution in [2.45, 2.75) is 24.7 Å². The minimum atomic E-state index is 0.147. The first-order chi connectivity index (χ1) is 7.77. The molecule has 0 unspecified atom stereocenters. The van der Waals surface area contributed by atoms with Gasteiger partial charge in [0.15, 0.2) is 0 Å². The summed E-state index contributed by atoms with van der Waals surface area (Å²) in [5, 5.41) is 0. The van der Waals surface area contributed by atoms with Gasteiger partial charge in [-0.1, -0.05) is 18.6 Å². The Morgan fingerprint density at radius 3 is 2.69 bits per heavy atom. The molecule has 1 fully saturated rings. The average molecular weight is 215 g/mol. The van der Waals surface area contributed by atoms with Crippen molar-refractivity contribution in [2.24, 2.45) is 12.8 Å². The highest BCUT2D eigenvalue weighted by molar-refractivity contribution is 5.76. The molecule has 3 rings (SSSR count). The lowest BCUT2D eigenvalue weighted by molar-refractivity contribution is 0.233. The van der Waals surface area contributed by atoms with Crippen LogP contribution in [0.25, 0.3) is 11.0 Å². The summed E-state index contributed by atoms with van der Waals surface area (Å²) in [4.78, 5) is 4.76. The van der Waals surface area contributed by atoms with Gasteiger partial charge < -0.3 is 10.3 Å². The van der Waals surface area contributed by atoms with Crippen molar-refractivity contribution in [3.63, 3.8) is 0 Å². The Bertz CT molecular complexity index is 517. The van der Waals surface area contributed by atoms with Gasteiger partial charge in [-0.05, 0) is 25.0 Å². The maximum absolute atomic E-state index is 5.94. The molecule has 1 aromatic heterocycles. The Morgan fingerprint density at radius 2 is 2.12 bits per heavy atom. The van der Waals surface area contributed by atoms with Gasteiger partial charge in [0.25, 0.3) is 0 Å². The second-order valence-corrected chi connectivity index (χ2v) is 4.82. The topological polar surface area (TPSA) is 43.8 Å². The van der Waals surface area contributed by atoms with Crippen LogP contribution >= 0.6 is 0 Å². The first-order valence-electron chi connectivity index (χ1n) is 5.89. The molecule has 0 aliphatic heterocycles. The summed E-state index contributed by atoms with van der Waals surface area (Å²) in [6.45, 7) is 0.712. The second-order valence-electron chi connectivity index (χ2n) is 4.82. The van der Waals surface area contributed by atoms with Gasteiger partial charge in [0, 0.05) is 19.0 Å². The largest absolute Gasteiger partial charge is 0.331 e. The molecule has 1 aliphatic carbocycles. The number of aryl methyl sites for hydroxylation is 1. The van der Waals surface area contributed by atoms with E-state index < -0.39 is 0 Å². The van der Waals surface area contributed by atoms with Crippen molar-refractivity contribution in [1.82, 2.24) is 9.55 Å². The molecule has 0 amide bonds. The number of aromatic nitrogens is 2. The van der Waals surface area contributed by atoms with Gasteiger partial charge in [0.05, 0.1) is 11.0 Å². The fourth-order valence-electron chi connectivity index (χ4n) is 2.74. The van der Waals surface area contributed by atoms with E-state index in [1.807, 2.05) is 6.07 Å². The number of para-hydroxylation sites is 2. The van der Waals surface area contributed by atoms with Crippen LogP contribution in [-0.4, -0.2) is 16.1 Å². The first kappa shape index (κ1) is 9.85. The Balaban J connectivity index is 2.20. The molecule has 16 heavy (non-hydrogen) atoms. The van der Waals surface area contributed by atoms with Crippen molar-refractivity contribution in [3.05, 3.63) is 30.1 Å². The highest BCUT2D eigenvalue weighted by atomic mass is 15.1. The zero-order chi connectivity index (χ0) is 11.2. The molecule has 2 N–H and O–H groups in total. The fraction of sp³-hybridized carbons (Fsp3) is 0.462. The van der Waals surface area contributed by atoms with Crippen molar-refractivity contribution in [2.75, 3.05) is 6.54 Å². The first-order valence-corrected chi connectivity index (χ1v) is 5.89. The van der Waals surface area contributed by atoms with Crippen molar-refractivity contribution < 1.29 is 0 Å². The molecule has 1 aromatic carbocycles. The summed E-state index contributed by atoms with van der Waals surface area (Å²) in [5.41, 5.74) is 8.37. The summed E-state index contributed by atoms with van der Waals surface area (Å²) in [7, 11) is 2.10. The maximum atomic E-state index is 5.94. The molecule has 1 aliphatic rings. The molecule has 0 saturated heterocycles. The number of imidazole rings is 1. The lowest BCUT2D eigenvalue weighted by Crippen LogP contribution is -2.43. The predicted octanol–water partition coefficient (Wildman–Crippen LogP) is 1.95. The van der Waals surface area contributed by atoms with E-state index in [0.29, 0.717) is 6.54 Å². The van der Waals surface area contributed by atoms with Gasteiger partial charge in [-0.2, -0.15) is 0 Å². The van der Waals surface area contributed by atoms with Crippen molar-refractivity contribution >= 4 is 11.0 Å². The molecule has 0 spiro atoms. The molecule has 2 aromatic rings. The number of rotatable bonds is 2. The van der Waals surface area contributed by atoms with Gasteiger partial charge >= 0.3 is 0 Å². The van der Waals surface area contributed by atoms with E-state index >= 15 is 0 Å². The Hall–Kier alpha value is -1.35. The lowest BCUT2D eigenvalue weighted by atomic mass is 9.68. The van der Waals surface area contributed by atoms with Crippen LogP contribution in [0, 0.1) is 0 Å². The molecular weight excluding hydrogens is 198 g/mol. The third-order valence-corrected chi connectivity index (χ3v) is 3.96. The zero-order valence-corrected chi connectivity index (χ0v) is 9.61. The van der Waals surface area contributed by atoms with Crippen LogP contribution in [0.2, 0.25) is 0 Å². The van der Waals surface area contributed by atoms with Gasteiger partial charge in [-0.25, -0.2) is 4.98 Å². The normalized spacial score (nSPS) is 18.6. The smallest absolute Gasteiger partial charge is 0.117 e. The standard InChI is InChI=1S/C13H17N3/c1-16-11-6-3-2-5-10(11)15-12(16)13(9-14)7-4-8-13/h2-3,5-6H,4,7-9,14H2,1H3. The van der Waals surface area contributed by atoms with Crippen LogP contribution in [0.15, 0.2) is 24.3 Å². The van der Waals surface area contributed by atoms with Crippen molar-refractivity contribution in [1.29, 1.82) is 0 Å². The Labute approximate surface area is 95.3 Å². The van der Waals surface area contributed by atoms with Crippen LogP contribution in [0.4, 0.5) is 0 Å². The summed E-state index contributed by atoms with van der Waals surface area (Å²) in [5.74, 6) is 1.17. The second kappa shape index (κ2) is 3.32. The lowest BCUT2D eigenvalue weighted by Gasteiger charge is -2.40. The quantitative estimate of drug-likeness (QED) is 0.832.